The van der Waals surface area contributed by atoms with Crippen molar-refractivity contribution >= 4 is 11.4 Å². The van der Waals surface area contributed by atoms with Crippen molar-refractivity contribution in [1.82, 2.24) is 0 Å². The average molecular weight is 335 g/mol. The maximum atomic E-state index is 2.26. The molecule has 26 heavy (non-hydrogen) atoms. The van der Waals surface area contributed by atoms with Gasteiger partial charge in [0.25, 0.3) is 0 Å². The number of hydrogen-bond donors (Lipinski definition) is 0. The van der Waals surface area contributed by atoms with Gasteiger partial charge in [0, 0.05) is 18.4 Å². The van der Waals surface area contributed by atoms with Gasteiger partial charge >= 0.3 is 0 Å². The molecular formula is C25H21N. The molecule has 4 aromatic carbocycles. The Balaban J connectivity index is 1.77. The van der Waals surface area contributed by atoms with Crippen LogP contribution in [0.5, 0.6) is 0 Å². The van der Waals surface area contributed by atoms with Crippen LogP contribution in [0.15, 0.2) is 109 Å². The predicted molar refractivity (Wildman–Crippen MR) is 112 cm³/mol. The predicted octanol–water partition coefficient (Wildman–Crippen LogP) is 6.79. The third kappa shape index (κ3) is 3.25. The van der Waals surface area contributed by atoms with Gasteiger partial charge < -0.3 is 4.90 Å². The van der Waals surface area contributed by atoms with Crippen molar-refractivity contribution < 1.29 is 0 Å². The summed E-state index contributed by atoms with van der Waals surface area (Å²) in [4.78, 5) is 2.22. The van der Waals surface area contributed by atoms with Crippen molar-refractivity contribution in [2.24, 2.45) is 0 Å². The van der Waals surface area contributed by atoms with E-state index in [9.17, 15) is 0 Å². The second-order valence-electron chi connectivity index (χ2n) is 6.36. The molecule has 0 amide bonds. The highest BCUT2D eigenvalue weighted by atomic mass is 15.1. The molecule has 0 fully saturated rings. The zero-order chi connectivity index (χ0) is 17.8. The molecule has 0 saturated carbocycles. The molecule has 4 rings (SSSR count). The van der Waals surface area contributed by atoms with E-state index >= 15 is 0 Å². The Morgan fingerprint density at radius 1 is 0.462 bits per heavy atom. The number of para-hydroxylation sites is 1. The van der Waals surface area contributed by atoms with Crippen molar-refractivity contribution in [1.29, 1.82) is 0 Å². The van der Waals surface area contributed by atoms with Crippen LogP contribution in [0.2, 0.25) is 0 Å². The number of anilines is 2. The maximum Gasteiger partial charge on any atom is 0.0414 e. The lowest BCUT2D eigenvalue weighted by molar-refractivity contribution is 1.21. The van der Waals surface area contributed by atoms with Gasteiger partial charge in [-0.15, -0.1) is 0 Å². The Labute approximate surface area is 155 Å². The van der Waals surface area contributed by atoms with Crippen LogP contribution >= 0.6 is 0 Å². The molecule has 0 unspecified atom stereocenters. The van der Waals surface area contributed by atoms with Gasteiger partial charge in [0.15, 0.2) is 0 Å². The fraction of sp³-hybridized carbons (Fsp3) is 0.0400. The molecular weight excluding hydrogens is 314 g/mol. The number of benzene rings is 4. The first-order valence-electron chi connectivity index (χ1n) is 8.86. The normalized spacial score (nSPS) is 10.5. The van der Waals surface area contributed by atoms with Crippen LogP contribution in [-0.4, -0.2) is 7.05 Å². The molecule has 0 aromatic heterocycles. The van der Waals surface area contributed by atoms with Crippen LogP contribution in [0.1, 0.15) is 0 Å². The van der Waals surface area contributed by atoms with Gasteiger partial charge in [-0.3, -0.25) is 0 Å². The summed E-state index contributed by atoms with van der Waals surface area (Å²) < 4.78 is 0. The SMILES string of the molecule is CN(c1ccccc1)c1cccc(-c2ccccc2-c2ccccc2)c1. The largest absolute Gasteiger partial charge is 0.345 e. The fourth-order valence-electron chi connectivity index (χ4n) is 3.29. The lowest BCUT2D eigenvalue weighted by Gasteiger charge is -2.20. The smallest absolute Gasteiger partial charge is 0.0414 e. The van der Waals surface area contributed by atoms with E-state index in [1.165, 1.54) is 33.6 Å². The van der Waals surface area contributed by atoms with E-state index in [4.69, 9.17) is 0 Å². The number of rotatable bonds is 4. The first-order chi connectivity index (χ1) is 12.8. The molecule has 0 bridgehead atoms. The van der Waals surface area contributed by atoms with E-state index in [1.807, 2.05) is 6.07 Å². The van der Waals surface area contributed by atoms with Gasteiger partial charge in [-0.1, -0.05) is 84.9 Å². The highest BCUT2D eigenvalue weighted by molar-refractivity contribution is 5.85. The van der Waals surface area contributed by atoms with Crippen LogP contribution < -0.4 is 4.90 Å². The van der Waals surface area contributed by atoms with Crippen molar-refractivity contribution in [3.63, 3.8) is 0 Å². The Morgan fingerprint density at radius 3 is 1.65 bits per heavy atom. The van der Waals surface area contributed by atoms with Gasteiger partial charge in [0.2, 0.25) is 0 Å². The van der Waals surface area contributed by atoms with Gasteiger partial charge in [-0.2, -0.15) is 0 Å². The van der Waals surface area contributed by atoms with Crippen molar-refractivity contribution in [2.75, 3.05) is 11.9 Å². The van der Waals surface area contributed by atoms with Crippen LogP contribution in [0.3, 0.4) is 0 Å². The molecule has 0 heterocycles. The summed E-state index contributed by atoms with van der Waals surface area (Å²) >= 11 is 0. The van der Waals surface area contributed by atoms with Crippen LogP contribution in [0.25, 0.3) is 22.3 Å². The van der Waals surface area contributed by atoms with Crippen LogP contribution in [-0.2, 0) is 0 Å². The first kappa shape index (κ1) is 16.2. The summed E-state index contributed by atoms with van der Waals surface area (Å²) in [7, 11) is 2.11. The summed E-state index contributed by atoms with van der Waals surface area (Å²) in [5.74, 6) is 0. The highest BCUT2D eigenvalue weighted by Gasteiger charge is 2.09. The molecule has 0 aliphatic rings. The summed E-state index contributed by atoms with van der Waals surface area (Å²) in [6.07, 6.45) is 0. The Hall–Kier alpha value is -3.32. The second kappa shape index (κ2) is 7.28. The van der Waals surface area contributed by atoms with E-state index < -0.39 is 0 Å². The molecule has 0 aliphatic heterocycles. The molecule has 0 radical (unpaired) electrons. The van der Waals surface area contributed by atoms with Gasteiger partial charge in [-0.05, 0) is 46.5 Å². The lowest BCUT2D eigenvalue weighted by Crippen LogP contribution is -2.09. The first-order valence-corrected chi connectivity index (χ1v) is 8.86. The van der Waals surface area contributed by atoms with Crippen molar-refractivity contribution in [3.8, 4) is 22.3 Å². The van der Waals surface area contributed by atoms with Gasteiger partial charge in [0.05, 0.1) is 0 Å². The molecule has 0 saturated heterocycles. The van der Waals surface area contributed by atoms with Crippen LogP contribution in [0.4, 0.5) is 11.4 Å². The molecule has 0 spiro atoms. The molecule has 0 N–H and O–H groups in total. The molecule has 4 aromatic rings. The van der Waals surface area contributed by atoms with Crippen molar-refractivity contribution in [3.05, 3.63) is 109 Å². The lowest BCUT2D eigenvalue weighted by atomic mass is 9.94. The summed E-state index contributed by atoms with van der Waals surface area (Å²) in [6.45, 7) is 0. The number of hydrogen-bond acceptors (Lipinski definition) is 1. The quantitative estimate of drug-likeness (QED) is 0.397. The van der Waals surface area contributed by atoms with E-state index in [-0.39, 0.29) is 0 Å². The second-order valence-corrected chi connectivity index (χ2v) is 6.36. The zero-order valence-electron chi connectivity index (χ0n) is 14.8. The van der Waals surface area contributed by atoms with E-state index in [0.29, 0.717) is 0 Å². The Bertz CT molecular complexity index is 991. The Kier molecular flexibility index (Phi) is 4.53. The van der Waals surface area contributed by atoms with E-state index in [0.717, 1.165) is 0 Å². The standard InChI is InChI=1S/C25H21N/c1-26(22-14-6-3-7-15-22)23-16-10-13-21(19-23)25-18-9-8-17-24(25)20-11-4-2-5-12-20/h2-19H,1H3. The van der Waals surface area contributed by atoms with E-state index in [2.05, 4.69) is 115 Å². The van der Waals surface area contributed by atoms with E-state index in [1.54, 1.807) is 0 Å². The molecule has 1 nitrogen and oxygen atoms in total. The third-order valence-electron chi connectivity index (χ3n) is 4.70. The van der Waals surface area contributed by atoms with Gasteiger partial charge in [0.1, 0.15) is 0 Å². The Morgan fingerprint density at radius 2 is 0.962 bits per heavy atom. The van der Waals surface area contributed by atoms with Gasteiger partial charge in [-0.25, -0.2) is 0 Å². The number of nitrogens with zero attached hydrogens (tertiary/aromatic N) is 1. The molecule has 1 heteroatoms. The highest BCUT2D eigenvalue weighted by Crippen LogP contribution is 2.34. The minimum Gasteiger partial charge on any atom is -0.345 e. The van der Waals surface area contributed by atoms with Crippen LogP contribution in [0, 0.1) is 0 Å². The minimum atomic E-state index is 1.18. The summed E-state index contributed by atoms with van der Waals surface area (Å²) in [5.41, 5.74) is 7.34. The topological polar surface area (TPSA) is 3.24 Å². The fourth-order valence-corrected chi connectivity index (χ4v) is 3.29. The molecule has 0 atom stereocenters. The van der Waals surface area contributed by atoms with Crippen molar-refractivity contribution in [2.45, 2.75) is 0 Å². The summed E-state index contributed by atoms with van der Waals surface area (Å²) in [6, 6.07) is 38.3. The third-order valence-corrected chi connectivity index (χ3v) is 4.70. The average Bonchev–Trinajstić information content (AvgIpc) is 2.74. The monoisotopic (exact) mass is 335 g/mol. The molecule has 126 valence electrons. The maximum absolute atomic E-state index is 2.26. The molecule has 0 aliphatic carbocycles. The summed E-state index contributed by atoms with van der Waals surface area (Å²) in [5, 5.41) is 0. The minimum absolute atomic E-state index is 1.18. The zero-order valence-corrected chi connectivity index (χ0v) is 14.8.